The van der Waals surface area contributed by atoms with E-state index >= 15 is 0 Å². The summed E-state index contributed by atoms with van der Waals surface area (Å²) in [5, 5.41) is 0.260. The lowest BCUT2D eigenvalue weighted by molar-refractivity contribution is 0.320. The third kappa shape index (κ3) is 2.43. The number of ether oxygens (including phenoxy) is 2. The highest BCUT2D eigenvalue weighted by atomic mass is 35.5. The zero-order valence-electron chi connectivity index (χ0n) is 8.51. The molecule has 84 valence electrons. The Balaban J connectivity index is 2.24. The summed E-state index contributed by atoms with van der Waals surface area (Å²) in [5.74, 6) is 1.55. The third-order valence-corrected chi connectivity index (χ3v) is 2.63. The van der Waals surface area contributed by atoms with Crippen molar-refractivity contribution in [2.75, 3.05) is 6.61 Å². The molecular weight excluding hydrogens is 248 g/mol. The highest BCUT2D eigenvalue weighted by Gasteiger charge is 2.11. The summed E-state index contributed by atoms with van der Waals surface area (Å²) < 4.78 is 18.7. The van der Waals surface area contributed by atoms with E-state index in [4.69, 9.17) is 21.1 Å². The van der Waals surface area contributed by atoms with Crippen LogP contribution in [0.3, 0.4) is 0 Å². The molecule has 0 radical (unpaired) electrons. The van der Waals surface area contributed by atoms with Crippen molar-refractivity contribution in [1.29, 1.82) is 0 Å². The fraction of sp³-hybridized carbons (Fsp3) is 0.200. The van der Waals surface area contributed by atoms with Crippen LogP contribution in [0.25, 0.3) is 0 Å². The quantitative estimate of drug-likeness (QED) is 0.841. The van der Waals surface area contributed by atoms with Gasteiger partial charge in [0.15, 0.2) is 11.5 Å². The number of nitrogens with zero attached hydrogens (tertiary/aromatic N) is 2. The average Bonchev–Trinajstić information content (AvgIpc) is 2.68. The second-order valence-corrected chi connectivity index (χ2v) is 3.73. The largest absolute Gasteiger partial charge is 0.490 e. The van der Waals surface area contributed by atoms with Gasteiger partial charge in [0, 0.05) is 0 Å². The van der Waals surface area contributed by atoms with Crippen molar-refractivity contribution in [3.63, 3.8) is 0 Å². The van der Waals surface area contributed by atoms with Crippen LogP contribution in [0, 0.1) is 0 Å². The van der Waals surface area contributed by atoms with Crippen LogP contribution in [0.1, 0.15) is 6.92 Å². The van der Waals surface area contributed by atoms with E-state index < -0.39 is 0 Å². The van der Waals surface area contributed by atoms with E-state index in [0.717, 1.165) is 11.7 Å². The number of aromatic nitrogens is 2. The Hall–Kier alpha value is -1.33. The molecule has 2 rings (SSSR count). The second-order valence-electron chi connectivity index (χ2n) is 2.84. The fourth-order valence-corrected chi connectivity index (χ4v) is 1.76. The maximum absolute atomic E-state index is 5.79. The van der Waals surface area contributed by atoms with E-state index in [0.29, 0.717) is 24.0 Å². The fourth-order valence-electron chi connectivity index (χ4n) is 1.14. The lowest BCUT2D eigenvalue weighted by Crippen LogP contribution is -1.94. The minimum Gasteiger partial charge on any atom is -0.490 e. The van der Waals surface area contributed by atoms with E-state index in [2.05, 4.69) is 8.75 Å². The Bertz CT molecular complexity index is 475. The number of para-hydroxylation sites is 2. The Morgan fingerprint density at radius 2 is 2.00 bits per heavy atom. The van der Waals surface area contributed by atoms with Crippen molar-refractivity contribution in [3.05, 3.63) is 29.4 Å². The highest BCUT2D eigenvalue weighted by molar-refractivity contribution is 6.99. The molecule has 0 saturated heterocycles. The lowest BCUT2D eigenvalue weighted by atomic mass is 10.3. The van der Waals surface area contributed by atoms with Crippen LogP contribution >= 0.6 is 23.3 Å². The van der Waals surface area contributed by atoms with E-state index in [1.807, 2.05) is 25.1 Å². The van der Waals surface area contributed by atoms with Crippen molar-refractivity contribution in [3.8, 4) is 17.4 Å². The molecule has 16 heavy (non-hydrogen) atoms. The van der Waals surface area contributed by atoms with Gasteiger partial charge in [-0.15, -0.1) is 4.37 Å². The van der Waals surface area contributed by atoms with Crippen molar-refractivity contribution in [2.45, 2.75) is 6.92 Å². The maximum Gasteiger partial charge on any atom is 0.271 e. The number of hydrogen-bond acceptors (Lipinski definition) is 5. The van der Waals surface area contributed by atoms with Gasteiger partial charge in [-0.05, 0) is 19.1 Å². The number of benzene rings is 1. The topological polar surface area (TPSA) is 44.2 Å². The molecule has 0 N–H and O–H groups in total. The molecule has 0 fully saturated rings. The minimum atomic E-state index is 0.260. The molecule has 0 amide bonds. The second kappa shape index (κ2) is 5.14. The predicted molar refractivity (Wildman–Crippen MR) is 62.6 cm³/mol. The average molecular weight is 257 g/mol. The summed E-state index contributed by atoms with van der Waals surface area (Å²) in [5.41, 5.74) is 0. The zero-order valence-corrected chi connectivity index (χ0v) is 10.1. The molecule has 2 aromatic rings. The molecule has 1 aromatic carbocycles. The Morgan fingerprint density at radius 1 is 1.25 bits per heavy atom. The highest BCUT2D eigenvalue weighted by Crippen LogP contribution is 2.33. The molecule has 0 bridgehead atoms. The van der Waals surface area contributed by atoms with Crippen LogP contribution in [-0.4, -0.2) is 15.4 Å². The summed E-state index contributed by atoms with van der Waals surface area (Å²) in [4.78, 5) is 0. The van der Waals surface area contributed by atoms with Crippen molar-refractivity contribution >= 4 is 23.3 Å². The van der Waals surface area contributed by atoms with Crippen molar-refractivity contribution in [1.82, 2.24) is 8.75 Å². The van der Waals surface area contributed by atoms with Crippen LogP contribution < -0.4 is 9.47 Å². The van der Waals surface area contributed by atoms with Gasteiger partial charge < -0.3 is 9.47 Å². The minimum absolute atomic E-state index is 0.260. The molecule has 0 aliphatic rings. The molecule has 0 aliphatic heterocycles. The molecule has 1 aromatic heterocycles. The van der Waals surface area contributed by atoms with Gasteiger partial charge in [0.1, 0.15) is 0 Å². The molecule has 4 nitrogen and oxygen atoms in total. The van der Waals surface area contributed by atoms with E-state index in [9.17, 15) is 0 Å². The van der Waals surface area contributed by atoms with Crippen LogP contribution in [-0.2, 0) is 0 Å². The van der Waals surface area contributed by atoms with Crippen LogP contribution in [0.5, 0.6) is 17.4 Å². The molecule has 1 heterocycles. The first-order valence-corrected chi connectivity index (χ1v) is 5.80. The van der Waals surface area contributed by atoms with Gasteiger partial charge in [-0.2, -0.15) is 4.37 Å². The van der Waals surface area contributed by atoms with E-state index in [1.54, 1.807) is 6.07 Å². The number of rotatable bonds is 4. The normalized spacial score (nSPS) is 10.1. The summed E-state index contributed by atoms with van der Waals surface area (Å²) in [7, 11) is 0. The van der Waals surface area contributed by atoms with Gasteiger partial charge >= 0.3 is 0 Å². The first-order chi connectivity index (χ1) is 7.81. The molecular formula is C10H9ClN2O2S. The first kappa shape index (κ1) is 11.2. The van der Waals surface area contributed by atoms with Gasteiger partial charge in [-0.3, -0.25) is 0 Å². The Morgan fingerprint density at radius 3 is 2.62 bits per heavy atom. The van der Waals surface area contributed by atoms with Crippen LogP contribution in [0.4, 0.5) is 0 Å². The van der Waals surface area contributed by atoms with Crippen LogP contribution in [0.15, 0.2) is 24.3 Å². The number of halogens is 1. The smallest absolute Gasteiger partial charge is 0.271 e. The maximum atomic E-state index is 5.79. The molecule has 0 atom stereocenters. The molecule has 0 spiro atoms. The van der Waals surface area contributed by atoms with E-state index in [1.165, 1.54) is 0 Å². The lowest BCUT2D eigenvalue weighted by Gasteiger charge is -2.08. The Labute approximate surface area is 102 Å². The summed E-state index contributed by atoms with van der Waals surface area (Å²) >= 11 is 6.80. The Kier molecular flexibility index (Phi) is 3.58. The number of hydrogen-bond donors (Lipinski definition) is 0. The van der Waals surface area contributed by atoms with Gasteiger partial charge in [0.05, 0.1) is 18.3 Å². The van der Waals surface area contributed by atoms with E-state index in [-0.39, 0.29) is 5.15 Å². The van der Waals surface area contributed by atoms with Gasteiger partial charge in [-0.1, -0.05) is 23.7 Å². The molecule has 0 aliphatic carbocycles. The van der Waals surface area contributed by atoms with Crippen molar-refractivity contribution in [2.24, 2.45) is 0 Å². The third-order valence-electron chi connectivity index (χ3n) is 1.78. The zero-order chi connectivity index (χ0) is 11.4. The molecule has 0 saturated carbocycles. The van der Waals surface area contributed by atoms with Gasteiger partial charge in [0.25, 0.3) is 5.88 Å². The standard InChI is InChI=1S/C10H9ClN2O2S/c1-2-14-7-5-3-4-6-8(7)15-10-9(11)12-16-13-10/h3-6H,2H2,1H3. The molecule has 0 unspecified atom stereocenters. The predicted octanol–water partition coefficient (Wildman–Crippen LogP) is 3.38. The summed E-state index contributed by atoms with van der Waals surface area (Å²) in [6.07, 6.45) is 0. The monoisotopic (exact) mass is 256 g/mol. The summed E-state index contributed by atoms with van der Waals surface area (Å²) in [6.45, 7) is 2.48. The SMILES string of the molecule is CCOc1ccccc1Oc1nsnc1Cl. The van der Waals surface area contributed by atoms with Crippen molar-refractivity contribution < 1.29 is 9.47 Å². The van der Waals surface area contributed by atoms with Gasteiger partial charge in [0.2, 0.25) is 5.15 Å². The van der Waals surface area contributed by atoms with Gasteiger partial charge in [-0.25, -0.2) is 0 Å². The van der Waals surface area contributed by atoms with Crippen LogP contribution in [0.2, 0.25) is 5.15 Å². The molecule has 6 heteroatoms. The first-order valence-electron chi connectivity index (χ1n) is 4.69. The summed E-state index contributed by atoms with van der Waals surface area (Å²) in [6, 6.07) is 7.34.